The first kappa shape index (κ1) is 20.2. The minimum absolute atomic E-state index is 0.0627. The first-order chi connectivity index (χ1) is 12.3. The molecule has 1 aliphatic rings. The van der Waals surface area contributed by atoms with Gasteiger partial charge >= 0.3 is 0 Å². The lowest BCUT2D eigenvalue weighted by Crippen LogP contribution is -2.45. The van der Waals surface area contributed by atoms with Crippen molar-refractivity contribution < 1.29 is 22.7 Å². The van der Waals surface area contributed by atoms with Crippen LogP contribution in [0.2, 0.25) is 0 Å². The van der Waals surface area contributed by atoms with Crippen LogP contribution in [0.25, 0.3) is 0 Å². The number of carbonyl (C=O) groups is 2. The molecule has 0 aliphatic carbocycles. The van der Waals surface area contributed by atoms with Crippen molar-refractivity contribution in [1.29, 1.82) is 0 Å². The van der Waals surface area contributed by atoms with E-state index in [1.165, 1.54) is 0 Å². The van der Waals surface area contributed by atoms with Crippen molar-refractivity contribution in [2.45, 2.75) is 12.8 Å². The van der Waals surface area contributed by atoms with Crippen molar-refractivity contribution >= 4 is 27.5 Å². The quantitative estimate of drug-likeness (QED) is 0.674. The molecule has 1 unspecified atom stereocenters. The number of piperidine rings is 1. The Morgan fingerprint density at radius 3 is 2.58 bits per heavy atom. The van der Waals surface area contributed by atoms with Gasteiger partial charge in [0.25, 0.3) is 5.91 Å². The molecule has 0 radical (unpaired) electrons. The van der Waals surface area contributed by atoms with E-state index in [2.05, 4.69) is 10.0 Å². The molecule has 2 amide bonds. The number of rotatable bonds is 7. The Bertz CT molecular complexity index is 733. The number of nitrogens with one attached hydrogen (secondary N) is 2. The number of carbonyl (C=O) groups excluding carboxylic acids is 2. The smallest absolute Gasteiger partial charge is 0.253 e. The molecule has 144 valence electrons. The van der Waals surface area contributed by atoms with Crippen molar-refractivity contribution in [3.63, 3.8) is 0 Å². The molecule has 1 aliphatic heterocycles. The topological polar surface area (TPSA) is 105 Å². The monoisotopic (exact) mass is 383 g/mol. The van der Waals surface area contributed by atoms with Crippen LogP contribution in [0, 0.1) is 5.92 Å². The van der Waals surface area contributed by atoms with E-state index < -0.39 is 10.0 Å². The third kappa shape index (κ3) is 5.99. The Morgan fingerprint density at radius 1 is 1.27 bits per heavy atom. The van der Waals surface area contributed by atoms with E-state index >= 15 is 0 Å². The molecule has 8 nitrogen and oxygen atoms in total. The molecule has 1 saturated heterocycles. The van der Waals surface area contributed by atoms with Crippen LogP contribution < -0.4 is 10.0 Å². The normalized spacial score (nSPS) is 17.6. The molecular formula is C17H25N3O5S. The Morgan fingerprint density at radius 2 is 1.96 bits per heavy atom. The average molecular weight is 383 g/mol. The summed E-state index contributed by atoms with van der Waals surface area (Å²) in [7, 11) is -1.78. The molecule has 9 heteroatoms. The molecule has 26 heavy (non-hydrogen) atoms. The maximum absolute atomic E-state index is 12.7. The van der Waals surface area contributed by atoms with E-state index in [1.807, 2.05) is 0 Å². The fourth-order valence-corrected chi connectivity index (χ4v) is 3.44. The Balaban J connectivity index is 1.97. The first-order valence-corrected chi connectivity index (χ1v) is 10.3. The summed E-state index contributed by atoms with van der Waals surface area (Å²) in [4.78, 5) is 26.5. The van der Waals surface area contributed by atoms with Gasteiger partial charge in [-0.15, -0.1) is 0 Å². The van der Waals surface area contributed by atoms with Gasteiger partial charge in [-0.05, 0) is 37.1 Å². The number of hydrogen-bond acceptors (Lipinski definition) is 5. The Kier molecular flexibility index (Phi) is 6.98. The van der Waals surface area contributed by atoms with Gasteiger partial charge in [-0.2, -0.15) is 0 Å². The van der Waals surface area contributed by atoms with Crippen LogP contribution in [0.5, 0.6) is 0 Å². The summed E-state index contributed by atoms with van der Waals surface area (Å²) >= 11 is 0. The van der Waals surface area contributed by atoms with Gasteiger partial charge in [0, 0.05) is 38.0 Å². The number of benzene rings is 1. The highest BCUT2D eigenvalue weighted by Crippen LogP contribution is 2.20. The number of nitrogens with zero attached hydrogens (tertiary/aromatic N) is 1. The van der Waals surface area contributed by atoms with Crippen molar-refractivity contribution in [3.05, 3.63) is 29.8 Å². The average Bonchev–Trinajstić information content (AvgIpc) is 2.60. The number of amides is 2. The van der Waals surface area contributed by atoms with E-state index in [0.29, 0.717) is 37.5 Å². The van der Waals surface area contributed by atoms with Crippen LogP contribution in [0.4, 0.5) is 5.69 Å². The highest BCUT2D eigenvalue weighted by molar-refractivity contribution is 7.92. The van der Waals surface area contributed by atoms with Crippen LogP contribution in [-0.2, 0) is 19.6 Å². The van der Waals surface area contributed by atoms with Crippen LogP contribution >= 0.6 is 0 Å². The minimum Gasteiger partial charge on any atom is -0.383 e. The molecule has 2 N–H and O–H groups in total. The predicted molar refractivity (Wildman–Crippen MR) is 98.4 cm³/mol. The minimum atomic E-state index is -3.36. The van der Waals surface area contributed by atoms with Gasteiger partial charge in [-0.3, -0.25) is 14.3 Å². The SMILES string of the molecule is COCCNC(=O)C1CCCN(C(=O)c2ccc(NS(C)(=O)=O)cc2)C1. The highest BCUT2D eigenvalue weighted by atomic mass is 32.2. The highest BCUT2D eigenvalue weighted by Gasteiger charge is 2.28. The molecule has 1 fully saturated rings. The standard InChI is InChI=1S/C17H25N3O5S/c1-25-11-9-18-16(21)14-4-3-10-20(12-14)17(22)13-5-7-15(8-6-13)19-26(2,23)24/h5-8,14,19H,3-4,9-12H2,1-2H3,(H,18,21). The van der Waals surface area contributed by atoms with Crippen molar-refractivity contribution in [1.82, 2.24) is 10.2 Å². The van der Waals surface area contributed by atoms with Crippen LogP contribution in [0.3, 0.4) is 0 Å². The van der Waals surface area contributed by atoms with Crippen molar-refractivity contribution in [3.8, 4) is 0 Å². The van der Waals surface area contributed by atoms with E-state index in [1.54, 1.807) is 36.3 Å². The second-order valence-corrected chi connectivity index (χ2v) is 8.07. The zero-order valence-electron chi connectivity index (χ0n) is 15.0. The summed E-state index contributed by atoms with van der Waals surface area (Å²) in [6, 6.07) is 6.26. The molecule has 1 aromatic rings. The molecule has 1 atom stereocenters. The second kappa shape index (κ2) is 9.00. The molecule has 0 bridgehead atoms. The Labute approximate surface area is 153 Å². The van der Waals surface area contributed by atoms with Gasteiger partial charge in [0.15, 0.2) is 0 Å². The van der Waals surface area contributed by atoms with Gasteiger partial charge in [-0.1, -0.05) is 0 Å². The van der Waals surface area contributed by atoms with E-state index in [4.69, 9.17) is 4.74 Å². The van der Waals surface area contributed by atoms with Gasteiger partial charge in [0.2, 0.25) is 15.9 Å². The number of ether oxygens (including phenoxy) is 1. The van der Waals surface area contributed by atoms with Crippen LogP contribution in [0.1, 0.15) is 23.2 Å². The van der Waals surface area contributed by atoms with Crippen LogP contribution in [0.15, 0.2) is 24.3 Å². The fourth-order valence-electron chi connectivity index (χ4n) is 2.87. The summed E-state index contributed by atoms with van der Waals surface area (Å²) in [5.74, 6) is -0.451. The Hall–Kier alpha value is -2.13. The van der Waals surface area contributed by atoms with E-state index in [-0.39, 0.29) is 17.7 Å². The number of likely N-dealkylation sites (tertiary alicyclic amines) is 1. The molecule has 1 aromatic carbocycles. The first-order valence-electron chi connectivity index (χ1n) is 8.44. The molecule has 1 heterocycles. The number of hydrogen-bond donors (Lipinski definition) is 2. The lowest BCUT2D eigenvalue weighted by molar-refractivity contribution is -0.126. The second-order valence-electron chi connectivity index (χ2n) is 6.33. The summed E-state index contributed by atoms with van der Waals surface area (Å²) < 4.78 is 29.7. The number of methoxy groups -OCH3 is 1. The molecule has 2 rings (SSSR count). The molecular weight excluding hydrogens is 358 g/mol. The maximum atomic E-state index is 12.7. The summed E-state index contributed by atoms with van der Waals surface area (Å²) in [5, 5.41) is 2.81. The van der Waals surface area contributed by atoms with E-state index in [9.17, 15) is 18.0 Å². The lowest BCUT2D eigenvalue weighted by atomic mass is 9.96. The van der Waals surface area contributed by atoms with Gasteiger partial charge in [0.05, 0.1) is 18.8 Å². The number of anilines is 1. The maximum Gasteiger partial charge on any atom is 0.253 e. The van der Waals surface area contributed by atoms with Crippen LogP contribution in [-0.4, -0.2) is 64.7 Å². The third-order valence-electron chi connectivity index (χ3n) is 4.12. The summed E-state index contributed by atoms with van der Waals surface area (Å²) in [6.07, 6.45) is 2.58. The summed E-state index contributed by atoms with van der Waals surface area (Å²) in [6.45, 7) is 1.88. The summed E-state index contributed by atoms with van der Waals surface area (Å²) in [5.41, 5.74) is 0.864. The molecule has 0 saturated carbocycles. The number of sulfonamides is 1. The zero-order chi connectivity index (χ0) is 19.2. The van der Waals surface area contributed by atoms with Gasteiger partial charge in [0.1, 0.15) is 0 Å². The van der Waals surface area contributed by atoms with Gasteiger partial charge < -0.3 is 15.0 Å². The van der Waals surface area contributed by atoms with Crippen molar-refractivity contribution in [2.75, 3.05) is 44.3 Å². The molecule has 0 aromatic heterocycles. The zero-order valence-corrected chi connectivity index (χ0v) is 15.8. The predicted octanol–water partition coefficient (Wildman–Crippen LogP) is 0.673. The van der Waals surface area contributed by atoms with E-state index in [0.717, 1.165) is 19.1 Å². The largest absolute Gasteiger partial charge is 0.383 e. The van der Waals surface area contributed by atoms with Crippen molar-refractivity contribution in [2.24, 2.45) is 5.92 Å². The molecule has 0 spiro atoms. The fraction of sp³-hybridized carbons (Fsp3) is 0.529. The van der Waals surface area contributed by atoms with Gasteiger partial charge in [-0.25, -0.2) is 8.42 Å². The third-order valence-corrected chi connectivity index (χ3v) is 4.73. The lowest BCUT2D eigenvalue weighted by Gasteiger charge is -2.32.